The number of benzene rings is 1. The van der Waals surface area contributed by atoms with E-state index in [0.717, 1.165) is 6.07 Å². The number of phenols is 1. The number of phenolic OH excluding ortho intramolecular Hbond substituents is 1. The van der Waals surface area contributed by atoms with Gasteiger partial charge in [-0.1, -0.05) is 13.8 Å². The fourth-order valence-electron chi connectivity index (χ4n) is 1.58. The Balaban J connectivity index is 2.76. The summed E-state index contributed by atoms with van der Waals surface area (Å²) in [7, 11) is 0. The summed E-state index contributed by atoms with van der Waals surface area (Å²) in [5.41, 5.74) is -0.0834. The van der Waals surface area contributed by atoms with Crippen molar-refractivity contribution in [3.05, 3.63) is 29.6 Å². The van der Waals surface area contributed by atoms with Crippen LogP contribution in [-0.4, -0.2) is 30.3 Å². The average molecular weight is 269 g/mol. The van der Waals surface area contributed by atoms with Crippen molar-refractivity contribution in [2.45, 2.75) is 26.8 Å². The van der Waals surface area contributed by atoms with E-state index in [1.54, 1.807) is 0 Å². The second kappa shape index (κ2) is 7.09. The van der Waals surface area contributed by atoms with Crippen LogP contribution in [0.3, 0.4) is 0 Å². The maximum absolute atomic E-state index is 13.6. The Morgan fingerprint density at radius 1 is 1.47 bits per heavy atom. The highest BCUT2D eigenvalue weighted by Crippen LogP contribution is 2.15. The molecule has 1 atom stereocenters. The lowest BCUT2D eigenvalue weighted by Gasteiger charge is -2.22. The van der Waals surface area contributed by atoms with E-state index in [2.05, 4.69) is 5.32 Å². The van der Waals surface area contributed by atoms with E-state index >= 15 is 0 Å². The molecule has 0 bridgehead atoms. The minimum absolute atomic E-state index is 0.0834. The summed E-state index contributed by atoms with van der Waals surface area (Å²) in [6.07, 6.45) is 0. The fraction of sp³-hybridized carbons (Fsp3) is 0.500. The molecule has 0 aromatic heterocycles. The topological polar surface area (TPSA) is 58.6 Å². The van der Waals surface area contributed by atoms with Crippen molar-refractivity contribution in [1.82, 2.24) is 5.32 Å². The number of halogens is 1. The van der Waals surface area contributed by atoms with Crippen LogP contribution in [0.5, 0.6) is 5.75 Å². The Bertz CT molecular complexity index is 435. The smallest absolute Gasteiger partial charge is 0.254 e. The van der Waals surface area contributed by atoms with Gasteiger partial charge in [-0.15, -0.1) is 0 Å². The summed E-state index contributed by atoms with van der Waals surface area (Å²) in [5, 5.41) is 11.9. The highest BCUT2D eigenvalue weighted by Gasteiger charge is 2.19. The van der Waals surface area contributed by atoms with Crippen molar-refractivity contribution in [2.75, 3.05) is 13.2 Å². The molecular formula is C14H20FNO3. The van der Waals surface area contributed by atoms with E-state index in [4.69, 9.17) is 9.84 Å². The third-order valence-corrected chi connectivity index (χ3v) is 2.82. The second-order valence-electron chi connectivity index (χ2n) is 4.65. The Morgan fingerprint density at radius 3 is 2.68 bits per heavy atom. The molecule has 0 aliphatic carbocycles. The lowest BCUT2D eigenvalue weighted by Crippen LogP contribution is -2.42. The minimum Gasteiger partial charge on any atom is -0.508 e. The van der Waals surface area contributed by atoms with Crippen LogP contribution in [0.4, 0.5) is 4.39 Å². The van der Waals surface area contributed by atoms with Gasteiger partial charge in [-0.2, -0.15) is 0 Å². The number of carbonyl (C=O) groups is 1. The molecule has 5 heteroatoms. The van der Waals surface area contributed by atoms with Crippen LogP contribution in [0.1, 0.15) is 31.1 Å². The Labute approximate surface area is 112 Å². The predicted octanol–water partition coefficient (Wildman–Crippen LogP) is 2.32. The van der Waals surface area contributed by atoms with Crippen LogP contribution in [0, 0.1) is 11.7 Å². The summed E-state index contributed by atoms with van der Waals surface area (Å²) in [6.45, 7) is 6.74. The highest BCUT2D eigenvalue weighted by molar-refractivity contribution is 5.94. The molecule has 0 aliphatic rings. The average Bonchev–Trinajstić information content (AvgIpc) is 2.33. The van der Waals surface area contributed by atoms with E-state index in [1.165, 1.54) is 12.1 Å². The molecule has 1 rings (SSSR count). The molecule has 1 aromatic carbocycles. The largest absolute Gasteiger partial charge is 0.508 e. The van der Waals surface area contributed by atoms with Crippen molar-refractivity contribution in [1.29, 1.82) is 0 Å². The van der Waals surface area contributed by atoms with Gasteiger partial charge in [0.05, 0.1) is 18.2 Å². The van der Waals surface area contributed by atoms with Gasteiger partial charge >= 0.3 is 0 Å². The lowest BCUT2D eigenvalue weighted by molar-refractivity contribution is 0.0803. The van der Waals surface area contributed by atoms with Crippen LogP contribution in [0.25, 0.3) is 0 Å². The number of aromatic hydroxyl groups is 1. The van der Waals surface area contributed by atoms with Crippen molar-refractivity contribution < 1.29 is 19.0 Å². The molecule has 1 aromatic rings. The normalized spacial score (nSPS) is 12.5. The molecule has 0 fully saturated rings. The molecule has 1 unspecified atom stereocenters. The molecule has 0 aliphatic heterocycles. The number of ether oxygens (including phenoxy) is 1. The molecule has 0 saturated heterocycles. The van der Waals surface area contributed by atoms with E-state index in [0.29, 0.717) is 13.2 Å². The number of nitrogens with one attached hydrogen (secondary N) is 1. The van der Waals surface area contributed by atoms with Crippen LogP contribution >= 0.6 is 0 Å². The number of rotatable bonds is 6. The van der Waals surface area contributed by atoms with Crippen LogP contribution in [-0.2, 0) is 4.74 Å². The summed E-state index contributed by atoms with van der Waals surface area (Å²) < 4.78 is 18.8. The standard InChI is InChI=1S/C14H20FNO3/c1-4-19-8-13(9(2)3)16-14(18)11-6-5-10(17)7-12(11)15/h5-7,9,13,17H,4,8H2,1-3H3,(H,16,18). The Hall–Kier alpha value is -1.62. The first-order valence-electron chi connectivity index (χ1n) is 6.32. The van der Waals surface area contributed by atoms with Gasteiger partial charge in [-0.3, -0.25) is 4.79 Å². The van der Waals surface area contributed by atoms with Crippen LogP contribution in [0.2, 0.25) is 0 Å². The van der Waals surface area contributed by atoms with Crippen molar-refractivity contribution in [2.24, 2.45) is 5.92 Å². The third kappa shape index (κ3) is 4.52. The lowest BCUT2D eigenvalue weighted by atomic mass is 10.0. The van der Waals surface area contributed by atoms with Gasteiger partial charge in [0.15, 0.2) is 0 Å². The molecular weight excluding hydrogens is 249 g/mol. The number of carbonyl (C=O) groups excluding carboxylic acids is 1. The fourth-order valence-corrected chi connectivity index (χ4v) is 1.58. The molecule has 2 N–H and O–H groups in total. The number of hydrogen-bond acceptors (Lipinski definition) is 3. The molecule has 19 heavy (non-hydrogen) atoms. The van der Waals surface area contributed by atoms with Crippen molar-refractivity contribution >= 4 is 5.91 Å². The molecule has 1 amide bonds. The number of amides is 1. The zero-order valence-electron chi connectivity index (χ0n) is 11.4. The van der Waals surface area contributed by atoms with Gasteiger partial charge in [-0.25, -0.2) is 4.39 Å². The summed E-state index contributed by atoms with van der Waals surface area (Å²) in [6, 6.07) is 3.28. The maximum atomic E-state index is 13.6. The molecule has 0 saturated carbocycles. The van der Waals surface area contributed by atoms with E-state index < -0.39 is 11.7 Å². The van der Waals surface area contributed by atoms with Crippen molar-refractivity contribution in [3.63, 3.8) is 0 Å². The maximum Gasteiger partial charge on any atom is 0.254 e. The Kier molecular flexibility index (Phi) is 5.76. The first kappa shape index (κ1) is 15.4. The summed E-state index contributed by atoms with van der Waals surface area (Å²) >= 11 is 0. The quantitative estimate of drug-likeness (QED) is 0.833. The SMILES string of the molecule is CCOCC(NC(=O)c1ccc(O)cc1F)C(C)C. The third-order valence-electron chi connectivity index (χ3n) is 2.82. The van der Waals surface area contributed by atoms with Gasteiger partial charge in [0, 0.05) is 12.7 Å². The van der Waals surface area contributed by atoms with Gasteiger partial charge in [0.2, 0.25) is 0 Å². The summed E-state index contributed by atoms with van der Waals surface area (Å²) in [4.78, 5) is 12.0. The van der Waals surface area contributed by atoms with Crippen LogP contribution in [0.15, 0.2) is 18.2 Å². The molecule has 0 heterocycles. The predicted molar refractivity (Wildman–Crippen MR) is 70.7 cm³/mol. The first-order chi connectivity index (χ1) is 8.95. The summed E-state index contributed by atoms with van der Waals surface area (Å²) in [5.74, 6) is -1.27. The monoisotopic (exact) mass is 269 g/mol. The van der Waals surface area contributed by atoms with E-state index in [1.807, 2.05) is 20.8 Å². The van der Waals surface area contributed by atoms with Gasteiger partial charge in [0.1, 0.15) is 11.6 Å². The second-order valence-corrected chi connectivity index (χ2v) is 4.65. The van der Waals surface area contributed by atoms with Gasteiger partial charge in [-0.05, 0) is 25.0 Å². The molecule has 4 nitrogen and oxygen atoms in total. The van der Waals surface area contributed by atoms with E-state index in [-0.39, 0.29) is 23.3 Å². The zero-order valence-corrected chi connectivity index (χ0v) is 11.4. The number of hydrogen-bond donors (Lipinski definition) is 2. The van der Waals surface area contributed by atoms with Gasteiger partial charge < -0.3 is 15.2 Å². The first-order valence-corrected chi connectivity index (χ1v) is 6.32. The zero-order chi connectivity index (χ0) is 14.4. The Morgan fingerprint density at radius 2 is 2.16 bits per heavy atom. The molecule has 106 valence electrons. The highest BCUT2D eigenvalue weighted by atomic mass is 19.1. The van der Waals surface area contributed by atoms with E-state index in [9.17, 15) is 9.18 Å². The van der Waals surface area contributed by atoms with Crippen LogP contribution < -0.4 is 5.32 Å². The molecule has 0 radical (unpaired) electrons. The van der Waals surface area contributed by atoms with Gasteiger partial charge in [0.25, 0.3) is 5.91 Å². The molecule has 0 spiro atoms. The van der Waals surface area contributed by atoms with Crippen molar-refractivity contribution in [3.8, 4) is 5.75 Å². The minimum atomic E-state index is -0.739.